The Hall–Kier alpha value is -0.660. The van der Waals surface area contributed by atoms with Crippen LogP contribution < -0.4 is 0 Å². The lowest BCUT2D eigenvalue weighted by atomic mass is 9.84. The third-order valence-corrected chi connectivity index (χ3v) is 3.15. The standard InChI is InChI=1S/C10H16O2/c1-7-3-4-9(8(2)5-11)10(7)6-12/h5-10H,3-4H2,1-2H3/t7-,8+,9-,10+/m0/s1. The van der Waals surface area contributed by atoms with E-state index in [9.17, 15) is 9.59 Å². The maximum atomic E-state index is 10.7. The van der Waals surface area contributed by atoms with Gasteiger partial charge in [-0.15, -0.1) is 0 Å². The second-order valence-corrected chi connectivity index (χ2v) is 3.93. The van der Waals surface area contributed by atoms with E-state index in [4.69, 9.17) is 0 Å². The van der Waals surface area contributed by atoms with Crippen LogP contribution >= 0.6 is 0 Å². The lowest BCUT2D eigenvalue weighted by Crippen LogP contribution is -2.21. The fraction of sp³-hybridized carbons (Fsp3) is 0.800. The topological polar surface area (TPSA) is 34.1 Å². The smallest absolute Gasteiger partial charge is 0.123 e. The second-order valence-electron chi connectivity index (χ2n) is 3.93. The van der Waals surface area contributed by atoms with Gasteiger partial charge in [0, 0.05) is 11.8 Å². The molecule has 2 heteroatoms. The molecule has 12 heavy (non-hydrogen) atoms. The maximum Gasteiger partial charge on any atom is 0.123 e. The van der Waals surface area contributed by atoms with Gasteiger partial charge in [-0.1, -0.05) is 13.8 Å². The highest BCUT2D eigenvalue weighted by Crippen LogP contribution is 2.39. The molecule has 0 saturated heterocycles. The molecule has 0 aliphatic heterocycles. The van der Waals surface area contributed by atoms with Crippen molar-refractivity contribution < 1.29 is 9.59 Å². The van der Waals surface area contributed by atoms with E-state index < -0.39 is 0 Å². The molecule has 0 amide bonds. The normalized spacial score (nSPS) is 37.7. The fourth-order valence-corrected chi connectivity index (χ4v) is 2.21. The highest BCUT2D eigenvalue weighted by Gasteiger charge is 2.35. The Kier molecular flexibility index (Phi) is 3.01. The van der Waals surface area contributed by atoms with Gasteiger partial charge in [-0.05, 0) is 24.7 Å². The number of carbonyl (C=O) groups excluding carboxylic acids is 2. The minimum Gasteiger partial charge on any atom is -0.303 e. The molecule has 0 aromatic rings. The van der Waals surface area contributed by atoms with Crippen LogP contribution in [0.15, 0.2) is 0 Å². The van der Waals surface area contributed by atoms with Crippen LogP contribution in [-0.2, 0) is 9.59 Å². The van der Waals surface area contributed by atoms with Gasteiger partial charge in [0.25, 0.3) is 0 Å². The first-order chi connectivity index (χ1) is 5.70. The highest BCUT2D eigenvalue weighted by molar-refractivity contribution is 5.59. The van der Waals surface area contributed by atoms with Crippen LogP contribution in [0.4, 0.5) is 0 Å². The third kappa shape index (κ3) is 1.57. The lowest BCUT2D eigenvalue weighted by Gasteiger charge is -2.19. The Morgan fingerprint density at radius 2 is 2.00 bits per heavy atom. The first-order valence-corrected chi connectivity index (χ1v) is 4.61. The summed E-state index contributed by atoms with van der Waals surface area (Å²) in [6.45, 7) is 4.00. The lowest BCUT2D eigenvalue weighted by molar-refractivity contribution is -0.116. The molecule has 1 fully saturated rings. The number of rotatable bonds is 3. The molecule has 2 nitrogen and oxygen atoms in total. The zero-order valence-corrected chi connectivity index (χ0v) is 7.69. The molecule has 68 valence electrons. The average Bonchev–Trinajstić information content (AvgIpc) is 2.45. The maximum absolute atomic E-state index is 10.7. The Balaban J connectivity index is 2.65. The van der Waals surface area contributed by atoms with Crippen molar-refractivity contribution in [1.29, 1.82) is 0 Å². The van der Waals surface area contributed by atoms with Gasteiger partial charge in [0.15, 0.2) is 0 Å². The fourth-order valence-electron chi connectivity index (χ4n) is 2.21. The van der Waals surface area contributed by atoms with Gasteiger partial charge in [-0.3, -0.25) is 0 Å². The van der Waals surface area contributed by atoms with Crippen LogP contribution in [0.1, 0.15) is 26.7 Å². The molecular formula is C10H16O2. The SMILES string of the molecule is C[C@H](C=O)[C@@H]1CC[C@H](C)[C@H]1C=O. The van der Waals surface area contributed by atoms with E-state index in [1.165, 1.54) is 0 Å². The molecule has 0 aromatic heterocycles. The van der Waals surface area contributed by atoms with Gasteiger partial charge >= 0.3 is 0 Å². The number of carbonyl (C=O) groups is 2. The van der Waals surface area contributed by atoms with Crippen molar-refractivity contribution >= 4 is 12.6 Å². The Morgan fingerprint density at radius 1 is 1.33 bits per heavy atom. The van der Waals surface area contributed by atoms with Crippen molar-refractivity contribution in [2.24, 2.45) is 23.7 Å². The highest BCUT2D eigenvalue weighted by atomic mass is 16.1. The van der Waals surface area contributed by atoms with Crippen LogP contribution in [0.2, 0.25) is 0 Å². The van der Waals surface area contributed by atoms with E-state index in [2.05, 4.69) is 6.92 Å². The quantitative estimate of drug-likeness (QED) is 0.601. The average molecular weight is 168 g/mol. The first-order valence-electron chi connectivity index (χ1n) is 4.61. The van der Waals surface area contributed by atoms with E-state index in [-0.39, 0.29) is 11.8 Å². The molecule has 1 saturated carbocycles. The molecule has 1 aliphatic rings. The van der Waals surface area contributed by atoms with Crippen LogP contribution in [0.25, 0.3) is 0 Å². The molecule has 1 aliphatic carbocycles. The van der Waals surface area contributed by atoms with Crippen molar-refractivity contribution in [3.8, 4) is 0 Å². The predicted molar refractivity (Wildman–Crippen MR) is 46.7 cm³/mol. The molecule has 0 spiro atoms. The largest absolute Gasteiger partial charge is 0.303 e. The monoisotopic (exact) mass is 168 g/mol. The van der Waals surface area contributed by atoms with Crippen LogP contribution in [0.3, 0.4) is 0 Å². The van der Waals surface area contributed by atoms with Crippen molar-refractivity contribution in [3.63, 3.8) is 0 Å². The van der Waals surface area contributed by atoms with Crippen LogP contribution in [0, 0.1) is 23.7 Å². The van der Waals surface area contributed by atoms with E-state index in [1.54, 1.807) is 0 Å². The zero-order chi connectivity index (χ0) is 9.14. The zero-order valence-electron chi connectivity index (χ0n) is 7.69. The summed E-state index contributed by atoms with van der Waals surface area (Å²) in [5.74, 6) is 0.931. The summed E-state index contributed by atoms with van der Waals surface area (Å²) in [5, 5.41) is 0. The van der Waals surface area contributed by atoms with Crippen LogP contribution in [-0.4, -0.2) is 12.6 Å². The minimum atomic E-state index is 0.0464. The first kappa shape index (κ1) is 9.43. The summed E-state index contributed by atoms with van der Waals surface area (Å²) in [6, 6.07) is 0. The molecule has 0 heterocycles. The van der Waals surface area contributed by atoms with E-state index in [0.717, 1.165) is 25.4 Å². The second kappa shape index (κ2) is 3.83. The van der Waals surface area contributed by atoms with Gasteiger partial charge in [0.2, 0.25) is 0 Å². The Bertz CT molecular complexity index is 177. The van der Waals surface area contributed by atoms with E-state index >= 15 is 0 Å². The molecule has 0 unspecified atom stereocenters. The molecule has 0 radical (unpaired) electrons. The summed E-state index contributed by atoms with van der Waals surface area (Å²) in [4.78, 5) is 21.3. The van der Waals surface area contributed by atoms with Crippen LogP contribution in [0.5, 0.6) is 0 Å². The number of hydrogen-bond donors (Lipinski definition) is 0. The summed E-state index contributed by atoms with van der Waals surface area (Å²) in [5.41, 5.74) is 0. The third-order valence-electron chi connectivity index (χ3n) is 3.15. The van der Waals surface area contributed by atoms with Crippen molar-refractivity contribution in [1.82, 2.24) is 0 Å². The molecule has 0 aromatic carbocycles. The van der Waals surface area contributed by atoms with Gasteiger partial charge in [-0.2, -0.15) is 0 Å². The van der Waals surface area contributed by atoms with E-state index in [1.807, 2.05) is 6.92 Å². The summed E-state index contributed by atoms with van der Waals surface area (Å²) in [7, 11) is 0. The minimum absolute atomic E-state index is 0.0464. The van der Waals surface area contributed by atoms with Crippen molar-refractivity contribution in [2.75, 3.05) is 0 Å². The van der Waals surface area contributed by atoms with Gasteiger partial charge in [0.1, 0.15) is 12.6 Å². The molecular weight excluding hydrogens is 152 g/mol. The molecule has 4 atom stereocenters. The predicted octanol–water partition coefficient (Wildman–Crippen LogP) is 1.68. The summed E-state index contributed by atoms with van der Waals surface area (Å²) >= 11 is 0. The van der Waals surface area contributed by atoms with Gasteiger partial charge < -0.3 is 9.59 Å². The van der Waals surface area contributed by atoms with Crippen molar-refractivity contribution in [2.45, 2.75) is 26.7 Å². The van der Waals surface area contributed by atoms with Gasteiger partial charge in [0.05, 0.1) is 0 Å². The summed E-state index contributed by atoms with van der Waals surface area (Å²) < 4.78 is 0. The van der Waals surface area contributed by atoms with Gasteiger partial charge in [-0.25, -0.2) is 0 Å². The van der Waals surface area contributed by atoms with E-state index in [0.29, 0.717) is 11.8 Å². The number of hydrogen-bond acceptors (Lipinski definition) is 2. The van der Waals surface area contributed by atoms with Crippen molar-refractivity contribution in [3.05, 3.63) is 0 Å². The summed E-state index contributed by atoms with van der Waals surface area (Å²) in [6.07, 6.45) is 4.12. The molecule has 1 rings (SSSR count). The Labute approximate surface area is 73.3 Å². The Morgan fingerprint density at radius 3 is 2.50 bits per heavy atom. The molecule has 0 N–H and O–H groups in total. The number of aldehydes is 2. The molecule has 0 bridgehead atoms.